The second kappa shape index (κ2) is 5.02. The van der Waals surface area contributed by atoms with Crippen molar-refractivity contribution in [2.45, 2.75) is 40.2 Å². The van der Waals surface area contributed by atoms with Gasteiger partial charge in [0, 0.05) is 11.8 Å². The van der Waals surface area contributed by atoms with Gasteiger partial charge in [-0.15, -0.1) is 0 Å². The summed E-state index contributed by atoms with van der Waals surface area (Å²) >= 11 is 5.75. The second-order valence-corrected chi connectivity index (χ2v) is 3.58. The van der Waals surface area contributed by atoms with Gasteiger partial charge in [0.05, 0.1) is 6.07 Å². The van der Waals surface area contributed by atoms with Crippen LogP contribution in [0.3, 0.4) is 0 Å². The van der Waals surface area contributed by atoms with Crippen LogP contribution in [0.1, 0.15) is 33.3 Å². The third kappa shape index (κ3) is 2.74. The fraction of sp³-hybridized carbons (Fsp3) is 0.600. The average Bonchev–Trinajstić information content (AvgIpc) is 2.51. The Balaban J connectivity index is 0.000000791. The van der Waals surface area contributed by atoms with E-state index in [9.17, 15) is 0 Å². The van der Waals surface area contributed by atoms with Crippen molar-refractivity contribution in [3.8, 4) is 6.07 Å². The number of rotatable bonds is 1. The molecule has 0 amide bonds. The fourth-order valence-electron chi connectivity index (χ4n) is 0.777. The molecule has 3 nitrogen and oxygen atoms in total. The molecule has 0 saturated heterocycles. The molecule has 1 aromatic rings. The predicted octanol–water partition coefficient (Wildman–Crippen LogP) is 3.13. The molecule has 0 bridgehead atoms. The zero-order valence-corrected chi connectivity index (χ0v) is 10.1. The Morgan fingerprint density at radius 3 is 2.29 bits per heavy atom. The third-order valence-corrected chi connectivity index (χ3v) is 2.06. The minimum atomic E-state index is -0.627. The first kappa shape index (κ1) is 13.0. The van der Waals surface area contributed by atoms with E-state index >= 15 is 0 Å². The van der Waals surface area contributed by atoms with Crippen LogP contribution in [0.15, 0.2) is 6.20 Å². The lowest BCUT2D eigenvalue weighted by Crippen LogP contribution is -2.24. The van der Waals surface area contributed by atoms with Crippen molar-refractivity contribution in [3.63, 3.8) is 0 Å². The monoisotopic (exact) mass is 213 g/mol. The van der Waals surface area contributed by atoms with Crippen molar-refractivity contribution in [2.75, 3.05) is 0 Å². The molecular weight excluding hydrogens is 198 g/mol. The van der Waals surface area contributed by atoms with Crippen molar-refractivity contribution in [2.24, 2.45) is 0 Å². The van der Waals surface area contributed by atoms with E-state index in [1.807, 2.05) is 20.8 Å². The van der Waals surface area contributed by atoms with Crippen LogP contribution in [0, 0.1) is 18.3 Å². The topological polar surface area (TPSA) is 41.6 Å². The Bertz CT molecular complexity index is 314. The van der Waals surface area contributed by atoms with Crippen LogP contribution in [-0.2, 0) is 5.54 Å². The van der Waals surface area contributed by atoms with Crippen LogP contribution in [0.2, 0.25) is 5.15 Å². The Labute approximate surface area is 90.3 Å². The van der Waals surface area contributed by atoms with Gasteiger partial charge in [-0.1, -0.05) is 25.4 Å². The van der Waals surface area contributed by atoms with Gasteiger partial charge in [-0.05, 0) is 20.8 Å². The third-order valence-electron chi connectivity index (χ3n) is 1.68. The zero-order valence-electron chi connectivity index (χ0n) is 9.30. The lowest BCUT2D eigenvalue weighted by Gasteiger charge is -2.14. The molecule has 0 aromatic carbocycles. The molecule has 0 saturated carbocycles. The molecule has 1 heterocycles. The molecule has 0 fully saturated rings. The quantitative estimate of drug-likeness (QED) is 0.719. The van der Waals surface area contributed by atoms with E-state index < -0.39 is 5.54 Å². The molecule has 78 valence electrons. The lowest BCUT2D eigenvalue weighted by molar-refractivity contribution is 0.418. The minimum absolute atomic E-state index is 0.457. The van der Waals surface area contributed by atoms with Crippen LogP contribution in [0.5, 0.6) is 0 Å². The summed E-state index contributed by atoms with van der Waals surface area (Å²) in [6, 6.07) is 2.14. The molecule has 0 unspecified atom stereocenters. The molecule has 0 N–H and O–H groups in total. The molecule has 14 heavy (non-hydrogen) atoms. The molecule has 1 aromatic heterocycles. The van der Waals surface area contributed by atoms with E-state index in [0.29, 0.717) is 5.15 Å². The highest BCUT2D eigenvalue weighted by Gasteiger charge is 2.20. The Hall–Kier alpha value is -1.01. The maximum atomic E-state index is 8.79. The first-order chi connectivity index (χ1) is 6.47. The summed E-state index contributed by atoms with van der Waals surface area (Å²) in [4.78, 5) is 0. The van der Waals surface area contributed by atoms with Gasteiger partial charge in [-0.25, -0.2) is 0 Å². The molecule has 0 aliphatic carbocycles. The molecule has 0 atom stereocenters. The van der Waals surface area contributed by atoms with Crippen molar-refractivity contribution in [1.29, 1.82) is 5.26 Å². The van der Waals surface area contributed by atoms with Crippen LogP contribution in [0.4, 0.5) is 0 Å². The van der Waals surface area contributed by atoms with E-state index in [-0.39, 0.29) is 0 Å². The SMILES string of the molecule is CC.Cc1cn(C(C)(C)C#N)nc1Cl. The summed E-state index contributed by atoms with van der Waals surface area (Å²) in [6.07, 6.45) is 1.77. The second-order valence-electron chi connectivity index (χ2n) is 3.22. The van der Waals surface area contributed by atoms with Crippen molar-refractivity contribution < 1.29 is 0 Å². The van der Waals surface area contributed by atoms with Gasteiger partial charge in [0.25, 0.3) is 0 Å². The number of nitriles is 1. The van der Waals surface area contributed by atoms with Gasteiger partial charge in [0.2, 0.25) is 0 Å². The summed E-state index contributed by atoms with van der Waals surface area (Å²) in [5, 5.41) is 13.3. The summed E-state index contributed by atoms with van der Waals surface area (Å²) < 4.78 is 1.57. The minimum Gasteiger partial charge on any atom is -0.251 e. The number of hydrogen-bond donors (Lipinski definition) is 0. The lowest BCUT2D eigenvalue weighted by atomic mass is 10.1. The van der Waals surface area contributed by atoms with E-state index in [4.69, 9.17) is 16.9 Å². The maximum absolute atomic E-state index is 8.79. The van der Waals surface area contributed by atoms with E-state index in [1.165, 1.54) is 0 Å². The molecule has 0 radical (unpaired) electrons. The van der Waals surface area contributed by atoms with Crippen LogP contribution < -0.4 is 0 Å². The largest absolute Gasteiger partial charge is 0.251 e. The van der Waals surface area contributed by atoms with Crippen LogP contribution in [0.25, 0.3) is 0 Å². The number of halogens is 1. The molecule has 0 spiro atoms. The maximum Gasteiger partial charge on any atom is 0.154 e. The van der Waals surface area contributed by atoms with Crippen molar-refractivity contribution in [3.05, 3.63) is 16.9 Å². The molecular formula is C10H16ClN3. The fourth-order valence-corrected chi connectivity index (χ4v) is 0.907. The van der Waals surface area contributed by atoms with Crippen LogP contribution >= 0.6 is 11.6 Å². The van der Waals surface area contributed by atoms with Gasteiger partial charge >= 0.3 is 0 Å². The highest BCUT2D eigenvalue weighted by molar-refractivity contribution is 6.30. The smallest absolute Gasteiger partial charge is 0.154 e. The first-order valence-electron chi connectivity index (χ1n) is 4.61. The summed E-state index contributed by atoms with van der Waals surface area (Å²) in [6.45, 7) is 9.44. The predicted molar refractivity (Wildman–Crippen MR) is 58.3 cm³/mol. The molecule has 0 aliphatic rings. The Kier molecular flexibility index (Phi) is 4.65. The number of aromatic nitrogens is 2. The van der Waals surface area contributed by atoms with E-state index in [0.717, 1.165) is 5.56 Å². The van der Waals surface area contributed by atoms with E-state index in [1.54, 1.807) is 24.7 Å². The Morgan fingerprint density at radius 1 is 1.50 bits per heavy atom. The highest BCUT2D eigenvalue weighted by atomic mass is 35.5. The van der Waals surface area contributed by atoms with E-state index in [2.05, 4.69) is 11.2 Å². The van der Waals surface area contributed by atoms with Gasteiger partial charge in [-0.3, -0.25) is 4.68 Å². The van der Waals surface area contributed by atoms with Gasteiger partial charge in [0.1, 0.15) is 5.54 Å². The molecule has 1 rings (SSSR count). The average molecular weight is 214 g/mol. The Morgan fingerprint density at radius 2 is 2.00 bits per heavy atom. The molecule has 4 heteroatoms. The van der Waals surface area contributed by atoms with Gasteiger partial charge in [-0.2, -0.15) is 10.4 Å². The number of nitrogens with zero attached hydrogens (tertiary/aromatic N) is 3. The molecule has 0 aliphatic heterocycles. The van der Waals surface area contributed by atoms with Crippen LogP contribution in [-0.4, -0.2) is 9.78 Å². The van der Waals surface area contributed by atoms with Crippen molar-refractivity contribution in [1.82, 2.24) is 9.78 Å². The standard InChI is InChI=1S/C8H10ClN3.C2H6/c1-6-4-12(11-7(6)9)8(2,3)5-10;1-2/h4H,1-3H3;1-2H3. The van der Waals surface area contributed by atoms with Crippen molar-refractivity contribution >= 4 is 11.6 Å². The zero-order chi connectivity index (χ0) is 11.4. The normalized spacial score (nSPS) is 10.1. The summed E-state index contributed by atoms with van der Waals surface area (Å²) in [5.74, 6) is 0. The number of hydrogen-bond acceptors (Lipinski definition) is 2. The van der Waals surface area contributed by atoms with Gasteiger partial charge in [0.15, 0.2) is 5.15 Å². The summed E-state index contributed by atoms with van der Waals surface area (Å²) in [7, 11) is 0. The first-order valence-corrected chi connectivity index (χ1v) is 4.98. The highest BCUT2D eigenvalue weighted by Crippen LogP contribution is 2.18. The summed E-state index contributed by atoms with van der Waals surface area (Å²) in [5.41, 5.74) is 0.262. The van der Waals surface area contributed by atoms with Gasteiger partial charge < -0.3 is 0 Å². The number of aryl methyl sites for hydroxylation is 1.